The number of nitrogens with one attached hydrogen (secondary N) is 1. The molecule has 0 unspecified atom stereocenters. The summed E-state index contributed by atoms with van der Waals surface area (Å²) >= 11 is 0. The van der Waals surface area contributed by atoms with E-state index in [0.717, 1.165) is 6.07 Å². The average molecular weight is 256 g/mol. The summed E-state index contributed by atoms with van der Waals surface area (Å²) in [5, 5.41) is 20.3. The van der Waals surface area contributed by atoms with Crippen molar-refractivity contribution in [3.63, 3.8) is 0 Å². The van der Waals surface area contributed by atoms with Crippen LogP contribution >= 0.6 is 0 Å². The largest absolute Gasteiger partial charge is 0.478 e. The fourth-order valence-electron chi connectivity index (χ4n) is 1.57. The van der Waals surface area contributed by atoms with Gasteiger partial charge in [0, 0.05) is 5.69 Å². The zero-order chi connectivity index (χ0) is 13.8. The third-order valence-corrected chi connectivity index (χ3v) is 2.49. The Morgan fingerprint density at radius 1 is 1.26 bits per heavy atom. The molecule has 0 bridgehead atoms. The maximum Gasteiger partial charge on any atom is 0.335 e. The van der Waals surface area contributed by atoms with Gasteiger partial charge in [-0.25, -0.2) is 9.18 Å². The van der Waals surface area contributed by atoms with Gasteiger partial charge in [0.1, 0.15) is 5.82 Å². The Hall–Kier alpha value is -2.87. The highest BCUT2D eigenvalue weighted by Crippen LogP contribution is 2.21. The number of hydrogen-bond acceptors (Lipinski definition) is 3. The number of nitrogens with zero attached hydrogens (tertiary/aromatic N) is 1. The molecule has 0 amide bonds. The quantitative estimate of drug-likeness (QED) is 0.884. The second kappa shape index (κ2) is 5.19. The number of halogens is 1. The Balaban J connectivity index is 2.29. The number of carbonyl (C=O) groups is 1. The lowest BCUT2D eigenvalue weighted by Gasteiger charge is -2.08. The molecule has 2 rings (SSSR count). The first-order chi connectivity index (χ1) is 9.10. The molecule has 0 aromatic heterocycles. The predicted octanol–water partition coefficient (Wildman–Crippen LogP) is 3.14. The Morgan fingerprint density at radius 3 is 2.68 bits per heavy atom. The van der Waals surface area contributed by atoms with E-state index in [-0.39, 0.29) is 16.8 Å². The molecule has 0 spiro atoms. The summed E-state index contributed by atoms with van der Waals surface area (Å²) in [6, 6.07) is 11.9. The van der Waals surface area contributed by atoms with Gasteiger partial charge in [-0.3, -0.25) is 0 Å². The number of rotatable bonds is 3. The summed E-state index contributed by atoms with van der Waals surface area (Å²) in [5.74, 6) is -1.62. The van der Waals surface area contributed by atoms with Crippen molar-refractivity contribution in [2.45, 2.75) is 0 Å². The highest BCUT2D eigenvalue weighted by Gasteiger charge is 2.06. The fraction of sp³-hybridized carbons (Fsp3) is 0. The maximum atomic E-state index is 13.7. The summed E-state index contributed by atoms with van der Waals surface area (Å²) in [7, 11) is 0. The highest BCUT2D eigenvalue weighted by molar-refractivity contribution is 5.89. The van der Waals surface area contributed by atoms with Gasteiger partial charge >= 0.3 is 5.97 Å². The Morgan fingerprint density at radius 2 is 2.05 bits per heavy atom. The van der Waals surface area contributed by atoms with Gasteiger partial charge < -0.3 is 10.4 Å². The van der Waals surface area contributed by atoms with Crippen molar-refractivity contribution in [2.24, 2.45) is 0 Å². The van der Waals surface area contributed by atoms with Crippen LogP contribution in [0.15, 0.2) is 42.5 Å². The van der Waals surface area contributed by atoms with Crippen LogP contribution in [0.4, 0.5) is 15.8 Å². The van der Waals surface area contributed by atoms with E-state index in [1.165, 1.54) is 24.3 Å². The van der Waals surface area contributed by atoms with Crippen molar-refractivity contribution in [3.05, 3.63) is 59.4 Å². The molecule has 0 heterocycles. The summed E-state index contributed by atoms with van der Waals surface area (Å²) in [5.41, 5.74) is 0.978. The molecular weight excluding hydrogens is 247 g/mol. The average Bonchev–Trinajstić information content (AvgIpc) is 2.41. The van der Waals surface area contributed by atoms with E-state index in [4.69, 9.17) is 10.4 Å². The Bertz CT molecular complexity index is 677. The van der Waals surface area contributed by atoms with Crippen molar-refractivity contribution in [1.82, 2.24) is 0 Å². The lowest BCUT2D eigenvalue weighted by atomic mass is 10.1. The second-order valence-corrected chi connectivity index (χ2v) is 3.82. The molecule has 2 aromatic carbocycles. The minimum atomic E-state index is -1.05. The molecule has 0 aliphatic rings. The molecule has 0 atom stereocenters. The minimum absolute atomic E-state index is 0.110. The lowest BCUT2D eigenvalue weighted by molar-refractivity contribution is 0.0697. The van der Waals surface area contributed by atoms with E-state index in [0.29, 0.717) is 5.69 Å². The number of anilines is 2. The molecule has 94 valence electrons. The monoisotopic (exact) mass is 256 g/mol. The molecule has 0 aliphatic carbocycles. The molecule has 0 radical (unpaired) electrons. The Labute approximate surface area is 108 Å². The molecule has 0 aliphatic heterocycles. The van der Waals surface area contributed by atoms with Gasteiger partial charge in [-0.05, 0) is 36.4 Å². The number of carboxylic acid groups (broad SMARTS) is 1. The SMILES string of the molecule is N#Cc1ccc(Nc2cccc(C(=O)O)c2)c(F)c1. The number of aromatic carboxylic acids is 1. The lowest BCUT2D eigenvalue weighted by Crippen LogP contribution is -1.99. The van der Waals surface area contributed by atoms with Crippen LogP contribution in [0, 0.1) is 17.1 Å². The zero-order valence-electron chi connectivity index (χ0n) is 9.72. The summed E-state index contributed by atoms with van der Waals surface area (Å²) in [6.07, 6.45) is 0. The van der Waals surface area contributed by atoms with Crippen LogP contribution < -0.4 is 5.32 Å². The van der Waals surface area contributed by atoms with Crippen LogP contribution in [0.1, 0.15) is 15.9 Å². The van der Waals surface area contributed by atoms with Crippen molar-refractivity contribution >= 4 is 17.3 Å². The van der Waals surface area contributed by atoms with Gasteiger partial charge in [-0.1, -0.05) is 6.07 Å². The van der Waals surface area contributed by atoms with Crippen LogP contribution in [0.5, 0.6) is 0 Å². The van der Waals surface area contributed by atoms with Gasteiger partial charge in [0.2, 0.25) is 0 Å². The molecule has 0 saturated carbocycles. The van der Waals surface area contributed by atoms with Crippen LogP contribution in [0.2, 0.25) is 0 Å². The normalized spacial score (nSPS) is 9.68. The topological polar surface area (TPSA) is 73.1 Å². The predicted molar refractivity (Wildman–Crippen MR) is 67.8 cm³/mol. The first-order valence-corrected chi connectivity index (χ1v) is 5.40. The third kappa shape index (κ3) is 2.87. The summed E-state index contributed by atoms with van der Waals surface area (Å²) in [4.78, 5) is 10.8. The number of hydrogen-bond donors (Lipinski definition) is 2. The van der Waals surface area contributed by atoms with Gasteiger partial charge in [-0.2, -0.15) is 5.26 Å². The summed E-state index contributed by atoms with van der Waals surface area (Å²) in [6.45, 7) is 0. The van der Waals surface area contributed by atoms with Gasteiger partial charge in [0.15, 0.2) is 0 Å². The molecule has 5 heteroatoms. The van der Waals surface area contributed by atoms with E-state index in [9.17, 15) is 9.18 Å². The van der Waals surface area contributed by atoms with Crippen molar-refractivity contribution < 1.29 is 14.3 Å². The minimum Gasteiger partial charge on any atom is -0.478 e. The van der Waals surface area contributed by atoms with E-state index in [1.54, 1.807) is 12.1 Å². The van der Waals surface area contributed by atoms with Crippen LogP contribution in [0.3, 0.4) is 0 Å². The van der Waals surface area contributed by atoms with Gasteiger partial charge in [-0.15, -0.1) is 0 Å². The molecule has 19 heavy (non-hydrogen) atoms. The van der Waals surface area contributed by atoms with E-state index in [2.05, 4.69) is 5.32 Å². The van der Waals surface area contributed by atoms with E-state index < -0.39 is 11.8 Å². The number of benzene rings is 2. The summed E-state index contributed by atoms with van der Waals surface area (Å²) < 4.78 is 13.7. The first-order valence-electron chi connectivity index (χ1n) is 5.40. The van der Waals surface area contributed by atoms with Crippen molar-refractivity contribution in [3.8, 4) is 6.07 Å². The zero-order valence-corrected chi connectivity index (χ0v) is 9.72. The van der Waals surface area contributed by atoms with E-state index >= 15 is 0 Å². The molecule has 2 aromatic rings. The van der Waals surface area contributed by atoms with Crippen LogP contribution in [-0.2, 0) is 0 Å². The third-order valence-electron chi connectivity index (χ3n) is 2.49. The smallest absolute Gasteiger partial charge is 0.335 e. The molecular formula is C14H9FN2O2. The Kier molecular flexibility index (Phi) is 3.44. The highest BCUT2D eigenvalue weighted by atomic mass is 19.1. The molecule has 4 nitrogen and oxygen atoms in total. The van der Waals surface area contributed by atoms with Crippen molar-refractivity contribution in [2.75, 3.05) is 5.32 Å². The second-order valence-electron chi connectivity index (χ2n) is 3.82. The standard InChI is InChI=1S/C14H9FN2O2/c15-12-6-9(8-16)4-5-13(12)17-11-3-1-2-10(7-11)14(18)19/h1-7,17H,(H,18,19). The van der Waals surface area contributed by atoms with Crippen molar-refractivity contribution in [1.29, 1.82) is 5.26 Å². The number of nitriles is 1. The molecule has 0 saturated heterocycles. The van der Waals surface area contributed by atoms with Gasteiger partial charge in [0.05, 0.1) is 22.9 Å². The molecule has 2 N–H and O–H groups in total. The maximum absolute atomic E-state index is 13.7. The molecule has 0 fully saturated rings. The number of carboxylic acids is 1. The fourth-order valence-corrected chi connectivity index (χ4v) is 1.57. The van der Waals surface area contributed by atoms with Crippen LogP contribution in [-0.4, -0.2) is 11.1 Å². The first kappa shape index (κ1) is 12.6. The van der Waals surface area contributed by atoms with Crippen LogP contribution in [0.25, 0.3) is 0 Å². The van der Waals surface area contributed by atoms with E-state index in [1.807, 2.05) is 6.07 Å². The van der Waals surface area contributed by atoms with Gasteiger partial charge in [0.25, 0.3) is 0 Å².